The Bertz CT molecular complexity index is 6.85. The fourth-order valence-corrected chi connectivity index (χ4v) is 0. The quantitative estimate of drug-likeness (QED) is 0.339. The van der Waals surface area contributed by atoms with E-state index in [9.17, 15) is 0 Å². The van der Waals surface area contributed by atoms with Crippen LogP contribution in [0.1, 0.15) is 0 Å². The second kappa shape index (κ2) is 18.5. The summed E-state index contributed by atoms with van der Waals surface area (Å²) in [6.07, 6.45) is 0. The summed E-state index contributed by atoms with van der Waals surface area (Å²) in [5.41, 5.74) is 0. The van der Waals surface area contributed by atoms with Crippen molar-refractivity contribution >= 4 is 23.9 Å². The summed E-state index contributed by atoms with van der Waals surface area (Å²) in [7, 11) is 0. The molecule has 0 aromatic carbocycles. The van der Waals surface area contributed by atoms with Crippen molar-refractivity contribution in [2.24, 2.45) is 0 Å². The Morgan fingerprint density at radius 3 is 1.20 bits per heavy atom. The molecule has 0 atom stereocenters. The molecule has 5 heteroatoms. The molecular formula is H2O3SnZn. The van der Waals surface area contributed by atoms with E-state index in [4.69, 9.17) is 10.5 Å². The van der Waals surface area contributed by atoms with Gasteiger partial charge in [-0.2, -0.15) is 0 Å². The van der Waals surface area contributed by atoms with Crippen LogP contribution in [0, 0.1) is 0 Å². The molecule has 0 aliphatic rings. The predicted octanol–water partition coefficient (Wildman–Crippen LogP) is -0.434. The van der Waals surface area contributed by atoms with E-state index in [0.29, 0.717) is 0 Å². The Morgan fingerprint density at radius 1 is 1.20 bits per heavy atom. The Balaban J connectivity index is -0.0000000200. The van der Waals surface area contributed by atoms with E-state index < -0.39 is 0 Å². The van der Waals surface area contributed by atoms with Crippen molar-refractivity contribution in [1.29, 1.82) is 0 Å². The first-order valence-electron chi connectivity index (χ1n) is 0.365. The van der Waals surface area contributed by atoms with Gasteiger partial charge >= 0.3 is 0 Å². The van der Waals surface area contributed by atoms with E-state index in [1.54, 1.807) is 0 Å². The van der Waals surface area contributed by atoms with E-state index in [-0.39, 0.29) is 43.4 Å². The van der Waals surface area contributed by atoms with Gasteiger partial charge in [0.05, 0.1) is 0 Å². The Hall–Kier alpha value is 1.30. The standard InChI is InChI=1S/H2O3.Sn.Zn/c1-3-2;;/h1-2H;;. The van der Waals surface area contributed by atoms with E-state index in [1.807, 2.05) is 0 Å². The average Bonchev–Trinajstić information content (AvgIpc) is 0.918. The zero-order valence-electron chi connectivity index (χ0n) is 2.51. The smallest absolute Gasteiger partial charge is 0 e. The fourth-order valence-electron chi connectivity index (χ4n) is 0. The van der Waals surface area contributed by atoms with Crippen LogP contribution < -0.4 is 0 Å². The van der Waals surface area contributed by atoms with E-state index in [2.05, 4.69) is 5.04 Å². The van der Waals surface area contributed by atoms with Crippen molar-refractivity contribution < 1.29 is 35.0 Å². The Labute approximate surface area is 58.9 Å². The molecule has 3 nitrogen and oxygen atoms in total. The SMILES string of the molecule is OOO.[Sn].[Zn]. The summed E-state index contributed by atoms with van der Waals surface area (Å²) < 4.78 is 0. The van der Waals surface area contributed by atoms with Crippen LogP contribution in [0.25, 0.3) is 0 Å². The van der Waals surface area contributed by atoms with Gasteiger partial charge in [0.15, 0.2) is 0 Å². The molecule has 0 fully saturated rings. The van der Waals surface area contributed by atoms with Gasteiger partial charge in [-0.1, -0.05) is 5.04 Å². The molecule has 0 aliphatic carbocycles. The van der Waals surface area contributed by atoms with Crippen LogP contribution in [0.5, 0.6) is 0 Å². The van der Waals surface area contributed by atoms with Gasteiger partial charge < -0.3 is 0 Å². The third kappa shape index (κ3) is 34.1. The summed E-state index contributed by atoms with van der Waals surface area (Å²) in [6, 6.07) is 0. The first-order chi connectivity index (χ1) is 1.41. The van der Waals surface area contributed by atoms with Gasteiger partial charge in [0.1, 0.15) is 0 Å². The molecule has 26 valence electrons. The summed E-state index contributed by atoms with van der Waals surface area (Å²) in [4.78, 5) is 0. The summed E-state index contributed by atoms with van der Waals surface area (Å²) in [5, 5.41) is 15.5. The maximum Gasteiger partial charge on any atom is 0 e. The first-order valence-corrected chi connectivity index (χ1v) is 0.365. The monoisotopic (exact) mass is 234 g/mol. The van der Waals surface area contributed by atoms with E-state index >= 15 is 0 Å². The first kappa shape index (κ1) is 16.2. The number of hydrogen-bond donors (Lipinski definition) is 2. The van der Waals surface area contributed by atoms with Gasteiger partial charge in [-0.3, -0.25) is 0 Å². The number of rotatable bonds is 0. The van der Waals surface area contributed by atoms with E-state index in [0.717, 1.165) is 0 Å². The Morgan fingerprint density at radius 2 is 1.20 bits per heavy atom. The molecule has 0 heterocycles. The van der Waals surface area contributed by atoms with Crippen LogP contribution in [0.15, 0.2) is 0 Å². The second-order valence-corrected chi connectivity index (χ2v) is 0.0816. The minimum absolute atomic E-state index is 0. The molecule has 0 unspecified atom stereocenters. The third-order valence-electron chi connectivity index (χ3n) is 0. The molecule has 4 radical (unpaired) electrons. The molecule has 0 aromatic heterocycles. The van der Waals surface area contributed by atoms with Crippen LogP contribution >= 0.6 is 0 Å². The summed E-state index contributed by atoms with van der Waals surface area (Å²) in [6.45, 7) is 0. The summed E-state index contributed by atoms with van der Waals surface area (Å²) >= 11 is 0. The average molecular weight is 234 g/mol. The van der Waals surface area contributed by atoms with Crippen molar-refractivity contribution in [2.75, 3.05) is 0 Å². The van der Waals surface area contributed by atoms with Crippen LogP contribution in [0.2, 0.25) is 0 Å². The van der Waals surface area contributed by atoms with Gasteiger partial charge in [0.2, 0.25) is 0 Å². The molecule has 2 N–H and O–H groups in total. The zero-order chi connectivity index (χ0) is 2.71. The molecule has 5 heavy (non-hydrogen) atoms. The molecule has 0 bridgehead atoms. The molecule has 0 aliphatic heterocycles. The molecule has 0 rings (SSSR count). The van der Waals surface area contributed by atoms with Crippen molar-refractivity contribution in [3.8, 4) is 0 Å². The van der Waals surface area contributed by atoms with Crippen LogP contribution in [-0.4, -0.2) is 34.4 Å². The van der Waals surface area contributed by atoms with Crippen LogP contribution in [-0.2, 0) is 24.5 Å². The Kier molecular flexibility index (Phi) is 60.2. The molecule has 0 amide bonds. The number of hydrogen-bond acceptors (Lipinski definition) is 3. The summed E-state index contributed by atoms with van der Waals surface area (Å²) in [5.74, 6) is 0. The van der Waals surface area contributed by atoms with Crippen molar-refractivity contribution in [2.45, 2.75) is 0 Å². The maximum atomic E-state index is 6.62. The van der Waals surface area contributed by atoms with Crippen LogP contribution in [0.3, 0.4) is 0 Å². The van der Waals surface area contributed by atoms with Gasteiger partial charge in [0.25, 0.3) is 0 Å². The minimum atomic E-state index is 0. The molecule has 0 aromatic rings. The van der Waals surface area contributed by atoms with Crippen molar-refractivity contribution in [1.82, 2.24) is 0 Å². The predicted molar refractivity (Wildman–Crippen MR) is 12.1 cm³/mol. The molecule has 0 saturated heterocycles. The largest absolute Gasteiger partial charge is 0.221 e. The van der Waals surface area contributed by atoms with Crippen LogP contribution in [0.4, 0.5) is 0 Å². The third-order valence-corrected chi connectivity index (χ3v) is 0. The van der Waals surface area contributed by atoms with Gasteiger partial charge in [0, 0.05) is 43.4 Å². The normalized spacial score (nSPS) is 3.60. The van der Waals surface area contributed by atoms with E-state index in [1.165, 1.54) is 0 Å². The fraction of sp³-hybridized carbons (Fsp3) is 0. The van der Waals surface area contributed by atoms with Gasteiger partial charge in [-0.25, -0.2) is 10.5 Å². The molecule has 0 saturated carbocycles. The maximum absolute atomic E-state index is 6.62. The van der Waals surface area contributed by atoms with Crippen molar-refractivity contribution in [3.05, 3.63) is 0 Å². The molecular weight excluding hydrogens is 232 g/mol. The second-order valence-electron chi connectivity index (χ2n) is 0.0816. The van der Waals surface area contributed by atoms with Gasteiger partial charge in [-0.05, 0) is 0 Å². The molecule has 0 spiro atoms. The van der Waals surface area contributed by atoms with Gasteiger partial charge in [-0.15, -0.1) is 0 Å². The topological polar surface area (TPSA) is 49.7 Å². The zero-order valence-corrected chi connectivity index (χ0v) is 8.33. The van der Waals surface area contributed by atoms with Crippen molar-refractivity contribution in [3.63, 3.8) is 0 Å². The minimum Gasteiger partial charge on any atom is -0.221 e.